The van der Waals surface area contributed by atoms with Crippen LogP contribution in [0.3, 0.4) is 0 Å². The molecule has 7 nitrogen and oxygen atoms in total. The van der Waals surface area contributed by atoms with Gasteiger partial charge in [0, 0.05) is 0 Å². The van der Waals surface area contributed by atoms with Crippen LogP contribution in [-0.2, 0) is 14.8 Å². The van der Waals surface area contributed by atoms with E-state index in [1.165, 1.54) is 19.2 Å². The van der Waals surface area contributed by atoms with Crippen LogP contribution in [0.15, 0.2) is 83.8 Å². The maximum atomic E-state index is 13.5. The van der Waals surface area contributed by atoms with E-state index >= 15 is 0 Å². The average molecular weight is 469 g/mol. The Morgan fingerprint density at radius 1 is 0.909 bits per heavy atom. The molecule has 3 aromatic rings. The van der Waals surface area contributed by atoms with E-state index in [2.05, 4.69) is 5.32 Å². The lowest BCUT2D eigenvalue weighted by atomic mass is 10.0. The van der Waals surface area contributed by atoms with Gasteiger partial charge in [0.1, 0.15) is 18.0 Å². The molecule has 0 radical (unpaired) electrons. The molecule has 1 N–H and O–H groups in total. The molecule has 0 spiro atoms. The number of carbonyl (C=O) groups excluding carboxylic acids is 1. The van der Waals surface area contributed by atoms with Crippen LogP contribution in [0.25, 0.3) is 0 Å². The Morgan fingerprint density at radius 2 is 1.55 bits per heavy atom. The first-order valence-corrected chi connectivity index (χ1v) is 12.0. The van der Waals surface area contributed by atoms with Crippen molar-refractivity contribution < 1.29 is 22.7 Å². The molecule has 1 amide bonds. The van der Waals surface area contributed by atoms with Crippen LogP contribution in [0.5, 0.6) is 11.5 Å². The Kier molecular flexibility index (Phi) is 7.95. The minimum Gasteiger partial charge on any atom is -0.497 e. The molecule has 0 unspecified atom stereocenters. The summed E-state index contributed by atoms with van der Waals surface area (Å²) in [5.74, 6) is 0.645. The molecule has 8 heteroatoms. The molecule has 0 saturated carbocycles. The van der Waals surface area contributed by atoms with E-state index in [1.807, 2.05) is 31.2 Å². The van der Waals surface area contributed by atoms with Crippen LogP contribution in [0.2, 0.25) is 0 Å². The standard InChI is InChI=1S/C25H28N2O5S/c1-4-22(19-14-16-20(31-2)17-15-19)26-25(28)18-27(23-12-8-9-13-24(23)32-3)33(29,30)21-10-6-5-7-11-21/h5-17,22H,4,18H2,1-3H3,(H,26,28)/t22-/m1/s1. The molecular formula is C25H28N2O5S. The van der Waals surface area contributed by atoms with Gasteiger partial charge in [-0.15, -0.1) is 0 Å². The van der Waals surface area contributed by atoms with Gasteiger partial charge in [0.15, 0.2) is 0 Å². The van der Waals surface area contributed by atoms with E-state index in [1.54, 1.807) is 49.6 Å². The highest BCUT2D eigenvalue weighted by Gasteiger charge is 2.29. The van der Waals surface area contributed by atoms with Crippen molar-refractivity contribution in [1.29, 1.82) is 0 Å². The predicted molar refractivity (Wildman–Crippen MR) is 128 cm³/mol. The van der Waals surface area contributed by atoms with Gasteiger partial charge in [0.2, 0.25) is 5.91 Å². The van der Waals surface area contributed by atoms with Crippen LogP contribution in [0.1, 0.15) is 24.9 Å². The smallest absolute Gasteiger partial charge is 0.264 e. The normalized spacial score (nSPS) is 12.0. The van der Waals surface area contributed by atoms with Crippen molar-refractivity contribution >= 4 is 21.6 Å². The van der Waals surface area contributed by atoms with Gasteiger partial charge in [-0.3, -0.25) is 9.10 Å². The highest BCUT2D eigenvalue weighted by molar-refractivity contribution is 7.92. The SMILES string of the molecule is CC[C@@H](NC(=O)CN(c1ccccc1OC)S(=O)(=O)c1ccccc1)c1ccc(OC)cc1. The topological polar surface area (TPSA) is 84.9 Å². The first kappa shape index (κ1) is 24.1. The van der Waals surface area contributed by atoms with Gasteiger partial charge in [-0.25, -0.2) is 8.42 Å². The average Bonchev–Trinajstić information content (AvgIpc) is 2.86. The Bertz CT molecular complexity index is 1160. The predicted octanol–water partition coefficient (Wildman–Crippen LogP) is 4.17. The number of sulfonamides is 1. The van der Waals surface area contributed by atoms with Crippen molar-refractivity contribution in [3.8, 4) is 11.5 Å². The summed E-state index contributed by atoms with van der Waals surface area (Å²) in [6.07, 6.45) is 0.637. The minimum absolute atomic E-state index is 0.0888. The fraction of sp³-hybridized carbons (Fsp3) is 0.240. The third-order valence-electron chi connectivity index (χ3n) is 5.23. The molecule has 0 aliphatic heterocycles. The molecule has 0 fully saturated rings. The quantitative estimate of drug-likeness (QED) is 0.483. The maximum absolute atomic E-state index is 13.5. The molecule has 3 aromatic carbocycles. The fourth-order valence-electron chi connectivity index (χ4n) is 3.48. The second-order valence-electron chi connectivity index (χ2n) is 7.30. The van der Waals surface area contributed by atoms with Crippen LogP contribution in [0, 0.1) is 0 Å². The monoisotopic (exact) mass is 468 g/mol. The number of rotatable bonds is 10. The van der Waals surface area contributed by atoms with Crippen LogP contribution < -0.4 is 19.1 Å². The summed E-state index contributed by atoms with van der Waals surface area (Å²) in [6, 6.07) is 21.9. The van der Waals surface area contributed by atoms with Gasteiger partial charge < -0.3 is 14.8 Å². The molecular weight excluding hydrogens is 440 g/mol. The number of benzene rings is 3. The second kappa shape index (κ2) is 10.9. The van der Waals surface area contributed by atoms with E-state index < -0.39 is 22.5 Å². The summed E-state index contributed by atoms with van der Waals surface area (Å²) in [7, 11) is -0.970. The third-order valence-corrected chi connectivity index (χ3v) is 7.01. The fourth-order valence-corrected chi connectivity index (χ4v) is 4.94. The van der Waals surface area contributed by atoms with E-state index in [0.29, 0.717) is 12.2 Å². The van der Waals surface area contributed by atoms with Gasteiger partial charge in [-0.2, -0.15) is 0 Å². The number of carbonyl (C=O) groups is 1. The Labute approximate surface area is 195 Å². The molecule has 0 aromatic heterocycles. The van der Waals surface area contributed by atoms with E-state index in [-0.39, 0.29) is 16.6 Å². The Morgan fingerprint density at radius 3 is 2.15 bits per heavy atom. The zero-order valence-corrected chi connectivity index (χ0v) is 19.7. The second-order valence-corrected chi connectivity index (χ2v) is 9.16. The van der Waals surface area contributed by atoms with Crippen molar-refractivity contribution in [2.24, 2.45) is 0 Å². The molecule has 0 aliphatic rings. The van der Waals surface area contributed by atoms with Crippen LogP contribution >= 0.6 is 0 Å². The zero-order chi connectivity index (χ0) is 23.8. The van der Waals surface area contributed by atoms with E-state index in [4.69, 9.17) is 9.47 Å². The van der Waals surface area contributed by atoms with Crippen molar-refractivity contribution in [1.82, 2.24) is 5.32 Å². The maximum Gasteiger partial charge on any atom is 0.264 e. The lowest BCUT2D eigenvalue weighted by Gasteiger charge is -2.27. The lowest BCUT2D eigenvalue weighted by Crippen LogP contribution is -2.42. The Balaban J connectivity index is 1.91. The molecule has 0 saturated heterocycles. The zero-order valence-electron chi connectivity index (χ0n) is 18.9. The summed E-state index contributed by atoms with van der Waals surface area (Å²) in [4.78, 5) is 13.2. The number of amides is 1. The lowest BCUT2D eigenvalue weighted by molar-refractivity contribution is -0.120. The van der Waals surface area contributed by atoms with Gasteiger partial charge in [-0.05, 0) is 48.4 Å². The first-order valence-electron chi connectivity index (χ1n) is 10.5. The number of anilines is 1. The largest absolute Gasteiger partial charge is 0.497 e. The Hall–Kier alpha value is -3.52. The molecule has 1 atom stereocenters. The van der Waals surface area contributed by atoms with Gasteiger partial charge in [-0.1, -0.05) is 49.4 Å². The highest BCUT2D eigenvalue weighted by atomic mass is 32.2. The number of nitrogens with one attached hydrogen (secondary N) is 1. The van der Waals surface area contributed by atoms with Crippen molar-refractivity contribution in [3.63, 3.8) is 0 Å². The number of hydrogen-bond acceptors (Lipinski definition) is 5. The first-order chi connectivity index (χ1) is 15.9. The summed E-state index contributed by atoms with van der Waals surface area (Å²) < 4.78 is 38.7. The summed E-state index contributed by atoms with van der Waals surface area (Å²) in [6.45, 7) is 1.55. The molecule has 0 bridgehead atoms. The minimum atomic E-state index is -4.02. The van der Waals surface area contributed by atoms with E-state index in [9.17, 15) is 13.2 Å². The summed E-state index contributed by atoms with van der Waals surface area (Å²) >= 11 is 0. The molecule has 174 valence electrons. The van der Waals surface area contributed by atoms with Gasteiger partial charge in [0.05, 0.1) is 30.8 Å². The van der Waals surface area contributed by atoms with Gasteiger partial charge in [0.25, 0.3) is 10.0 Å². The number of methoxy groups -OCH3 is 2. The summed E-state index contributed by atoms with van der Waals surface area (Å²) in [5, 5.41) is 2.96. The van der Waals surface area contributed by atoms with E-state index in [0.717, 1.165) is 15.6 Å². The molecule has 0 heterocycles. The molecule has 3 rings (SSSR count). The highest BCUT2D eigenvalue weighted by Crippen LogP contribution is 2.32. The van der Waals surface area contributed by atoms with Gasteiger partial charge >= 0.3 is 0 Å². The number of para-hydroxylation sites is 2. The summed E-state index contributed by atoms with van der Waals surface area (Å²) in [5.41, 5.74) is 1.19. The number of ether oxygens (including phenoxy) is 2. The van der Waals surface area contributed by atoms with Crippen molar-refractivity contribution in [3.05, 3.63) is 84.4 Å². The van der Waals surface area contributed by atoms with Crippen molar-refractivity contribution in [2.75, 3.05) is 25.1 Å². The number of hydrogen-bond donors (Lipinski definition) is 1. The van der Waals surface area contributed by atoms with Crippen molar-refractivity contribution in [2.45, 2.75) is 24.3 Å². The van der Waals surface area contributed by atoms with Crippen LogP contribution in [-0.4, -0.2) is 35.1 Å². The van der Waals surface area contributed by atoms with Crippen LogP contribution in [0.4, 0.5) is 5.69 Å². The third kappa shape index (κ3) is 5.64. The molecule has 0 aliphatic carbocycles. The molecule has 33 heavy (non-hydrogen) atoms. The number of nitrogens with zero attached hydrogens (tertiary/aromatic N) is 1.